The number of β-lactam (4-membered cyclic amide) rings is 1. The van der Waals surface area contributed by atoms with Crippen molar-refractivity contribution in [3.05, 3.63) is 11.5 Å². The van der Waals surface area contributed by atoms with Crippen LogP contribution in [0.15, 0.2) is 16.6 Å². The van der Waals surface area contributed by atoms with E-state index in [0.29, 0.717) is 5.16 Å². The minimum atomic E-state index is -3.97. The molecule has 2 saturated heterocycles. The molecule has 0 bridgehead atoms. The maximum absolute atomic E-state index is 12.7. The molecule has 1 aromatic rings. The van der Waals surface area contributed by atoms with E-state index in [2.05, 4.69) is 15.5 Å². The zero-order valence-electron chi connectivity index (χ0n) is 15.2. The van der Waals surface area contributed by atoms with E-state index < -0.39 is 39.8 Å². The van der Waals surface area contributed by atoms with E-state index in [1.54, 1.807) is 7.05 Å². The van der Waals surface area contributed by atoms with E-state index in [9.17, 15) is 27.9 Å². The molecule has 2 amide bonds. The van der Waals surface area contributed by atoms with Gasteiger partial charge in [0.2, 0.25) is 11.1 Å². The van der Waals surface area contributed by atoms with E-state index in [4.69, 9.17) is 4.18 Å². The van der Waals surface area contributed by atoms with Gasteiger partial charge in [-0.3, -0.25) is 14.5 Å². The number of rotatable bonds is 6. The zero-order valence-corrected chi connectivity index (χ0v) is 16.9. The first kappa shape index (κ1) is 23.0. The van der Waals surface area contributed by atoms with Crippen molar-refractivity contribution in [2.45, 2.75) is 23.7 Å². The van der Waals surface area contributed by atoms with Crippen LogP contribution in [0.1, 0.15) is 6.42 Å². The van der Waals surface area contributed by atoms with Gasteiger partial charge in [-0.1, -0.05) is 11.8 Å². The monoisotopic (exact) mass is 468 g/mol. The average molecular weight is 468 g/mol. The summed E-state index contributed by atoms with van der Waals surface area (Å²) in [5, 5.41) is 20.9. The number of carboxylic acids is 1. The van der Waals surface area contributed by atoms with Crippen LogP contribution in [0.2, 0.25) is 0 Å². The van der Waals surface area contributed by atoms with E-state index >= 15 is 0 Å². The molecule has 0 saturated carbocycles. The van der Waals surface area contributed by atoms with Crippen LogP contribution in [0.5, 0.6) is 0 Å². The molecular weight excluding hydrogens is 451 g/mol. The Kier molecular flexibility index (Phi) is 6.21. The molecule has 4 heterocycles. The summed E-state index contributed by atoms with van der Waals surface area (Å²) in [5.74, 6) is -2.94. The first-order chi connectivity index (χ1) is 13.6. The number of hydrogen-bond acceptors (Lipinski definition) is 10. The van der Waals surface area contributed by atoms with Gasteiger partial charge in [0.25, 0.3) is 5.91 Å². The standard InChI is InChI=1S/C14H16N6O7S2.Na.H/c1-18-14(15-16-17-18)28-5-8(21)19-4-6-3-7(27-29(2,25)26)10(13(23)24)20-9(6)11(19)12(20)22;;/h6,9,11H,3-5H2,1-2H3,(H,23,24);;/t6-,9-,11+;;/m1../s1. The number of hydrogen-bond donors (Lipinski definition) is 1. The summed E-state index contributed by atoms with van der Waals surface area (Å²) in [5.41, 5.74) is -0.480. The fourth-order valence-corrected chi connectivity index (χ4v) is 5.21. The third-order valence-electron chi connectivity index (χ3n) is 5.00. The number of aliphatic carboxylic acids is 1. The molecule has 0 aromatic carbocycles. The Morgan fingerprint density at radius 1 is 1.37 bits per heavy atom. The molecule has 0 aliphatic carbocycles. The Bertz CT molecular complexity index is 1060. The predicted molar refractivity (Wildman–Crippen MR) is 102 cm³/mol. The van der Waals surface area contributed by atoms with Crippen molar-refractivity contribution in [2.24, 2.45) is 13.0 Å². The number of tetrazole rings is 1. The van der Waals surface area contributed by atoms with Gasteiger partial charge < -0.3 is 14.2 Å². The number of nitrogens with zero attached hydrogens (tertiary/aromatic N) is 6. The van der Waals surface area contributed by atoms with Gasteiger partial charge in [-0.15, -0.1) is 5.10 Å². The first-order valence-electron chi connectivity index (χ1n) is 8.42. The van der Waals surface area contributed by atoms with Crippen LogP contribution in [-0.4, -0.2) is 122 Å². The number of aryl methyl sites for hydroxylation is 1. The number of amides is 2. The normalized spacial score (nSPS) is 24.9. The number of aromatic nitrogens is 4. The van der Waals surface area contributed by atoms with Crippen LogP contribution >= 0.6 is 11.8 Å². The predicted octanol–water partition coefficient (Wildman–Crippen LogP) is -2.63. The Labute approximate surface area is 197 Å². The van der Waals surface area contributed by atoms with Gasteiger partial charge >= 0.3 is 45.6 Å². The van der Waals surface area contributed by atoms with Crippen LogP contribution in [0.4, 0.5) is 0 Å². The summed E-state index contributed by atoms with van der Waals surface area (Å²) >= 11 is 1.12. The van der Waals surface area contributed by atoms with Crippen LogP contribution in [-0.2, 0) is 35.7 Å². The summed E-state index contributed by atoms with van der Waals surface area (Å²) in [7, 11) is -2.34. The van der Waals surface area contributed by atoms with E-state index in [0.717, 1.165) is 22.9 Å². The van der Waals surface area contributed by atoms with Gasteiger partial charge in [-0.2, -0.15) is 8.42 Å². The van der Waals surface area contributed by atoms with Gasteiger partial charge in [0.1, 0.15) is 6.04 Å². The molecule has 158 valence electrons. The zero-order chi connectivity index (χ0) is 21.1. The molecular formula is C14H17N6NaO7S2. The summed E-state index contributed by atoms with van der Waals surface area (Å²) in [4.78, 5) is 39.5. The fourth-order valence-electron chi connectivity index (χ4n) is 3.96. The Morgan fingerprint density at radius 3 is 2.63 bits per heavy atom. The van der Waals surface area contributed by atoms with Crippen molar-refractivity contribution < 1.29 is 32.1 Å². The molecule has 3 aliphatic heterocycles. The van der Waals surface area contributed by atoms with E-state index in [1.165, 1.54) is 9.58 Å². The van der Waals surface area contributed by atoms with Crippen molar-refractivity contribution >= 4 is 69.2 Å². The van der Waals surface area contributed by atoms with Gasteiger partial charge in [-0.05, 0) is 10.4 Å². The van der Waals surface area contributed by atoms with Gasteiger partial charge in [-0.25, -0.2) is 9.48 Å². The second-order valence-corrected chi connectivity index (χ2v) is 9.41. The quantitative estimate of drug-likeness (QED) is 0.201. The Balaban J connectivity index is 0.00000256. The van der Waals surface area contributed by atoms with Crippen molar-refractivity contribution in [1.29, 1.82) is 0 Å². The third kappa shape index (κ3) is 3.84. The molecule has 0 radical (unpaired) electrons. The molecule has 1 aromatic heterocycles. The van der Waals surface area contributed by atoms with Crippen molar-refractivity contribution in [2.75, 3.05) is 18.6 Å². The van der Waals surface area contributed by atoms with Crippen LogP contribution in [0.25, 0.3) is 0 Å². The summed E-state index contributed by atoms with van der Waals surface area (Å²) in [6.45, 7) is 0.192. The molecule has 30 heavy (non-hydrogen) atoms. The number of carbonyl (C=O) groups excluding carboxylic acids is 2. The molecule has 3 atom stereocenters. The van der Waals surface area contributed by atoms with Crippen LogP contribution in [0, 0.1) is 5.92 Å². The molecule has 2 fully saturated rings. The SMILES string of the molecule is Cn1nnnc1SCC(=O)N1C[C@H]2CC(OS(C)(=O)=O)=C(C(=O)O)N3C(=O)[C@@H]1[C@@H]23.[NaH]. The summed E-state index contributed by atoms with van der Waals surface area (Å²) in [6.07, 6.45) is 0.805. The number of carbonyl (C=O) groups is 3. The molecule has 0 spiro atoms. The van der Waals surface area contributed by atoms with Crippen LogP contribution in [0.3, 0.4) is 0 Å². The number of likely N-dealkylation sites (tertiary alicyclic amines) is 1. The minimum absolute atomic E-state index is 0. The third-order valence-corrected chi connectivity index (χ3v) is 6.49. The first-order valence-corrected chi connectivity index (χ1v) is 11.2. The maximum atomic E-state index is 12.7. The topological polar surface area (TPSA) is 165 Å². The molecule has 1 N–H and O–H groups in total. The molecule has 3 aliphatic rings. The molecule has 16 heteroatoms. The van der Waals surface area contributed by atoms with E-state index in [1.807, 2.05) is 0 Å². The van der Waals surface area contributed by atoms with Gasteiger partial charge in [0.05, 0.1) is 18.1 Å². The number of thioether (sulfide) groups is 1. The Morgan fingerprint density at radius 2 is 2.07 bits per heavy atom. The summed E-state index contributed by atoms with van der Waals surface area (Å²) in [6, 6.07) is -1.27. The van der Waals surface area contributed by atoms with Crippen molar-refractivity contribution in [3.8, 4) is 0 Å². The van der Waals surface area contributed by atoms with Crippen molar-refractivity contribution in [1.82, 2.24) is 30.0 Å². The van der Waals surface area contributed by atoms with Crippen molar-refractivity contribution in [3.63, 3.8) is 0 Å². The molecule has 0 unspecified atom stereocenters. The molecule has 4 rings (SSSR count). The van der Waals surface area contributed by atoms with Gasteiger partial charge in [0, 0.05) is 25.9 Å². The number of allylic oxidation sites excluding steroid dienone is 1. The Hall–Kier alpha value is -1.68. The fraction of sp³-hybridized carbons (Fsp3) is 0.571. The van der Waals surface area contributed by atoms with E-state index in [-0.39, 0.29) is 65.9 Å². The molecule has 13 nitrogen and oxygen atoms in total. The second kappa shape index (κ2) is 8.11. The second-order valence-electron chi connectivity index (χ2n) is 6.89. The van der Waals surface area contributed by atoms with Gasteiger partial charge in [0.15, 0.2) is 11.5 Å². The summed E-state index contributed by atoms with van der Waals surface area (Å²) < 4.78 is 29.3. The average Bonchev–Trinajstić information content (AvgIpc) is 3.18. The van der Waals surface area contributed by atoms with Crippen LogP contribution < -0.4 is 0 Å². The number of carboxylic acid groups (broad SMARTS) is 1.